The van der Waals surface area contributed by atoms with Gasteiger partial charge in [-0.25, -0.2) is 9.69 Å². The molecule has 0 aliphatic heterocycles. The predicted molar refractivity (Wildman–Crippen MR) is 121 cm³/mol. The third-order valence-electron chi connectivity index (χ3n) is 4.15. The number of ether oxygens (including phenoxy) is 1. The number of pyridine rings is 1. The molecule has 0 saturated carbocycles. The van der Waals surface area contributed by atoms with Gasteiger partial charge in [0, 0.05) is 11.6 Å². The number of para-hydroxylation sites is 2. The quantitative estimate of drug-likeness (QED) is 0.290. The molecular weight excluding hydrogens is 487 g/mol. The van der Waals surface area contributed by atoms with E-state index in [9.17, 15) is 4.79 Å². The van der Waals surface area contributed by atoms with Crippen molar-refractivity contribution in [2.45, 2.75) is 0 Å². The summed E-state index contributed by atoms with van der Waals surface area (Å²) in [6, 6.07) is 24.2. The van der Waals surface area contributed by atoms with E-state index < -0.39 is 6.09 Å². The number of fused-ring (bicyclic) bond motifs is 1. The molecule has 0 spiro atoms. The molecule has 0 atom stereocenters. The molecular formula is C22H14ClIN2O2. The predicted octanol–water partition coefficient (Wildman–Crippen LogP) is 6.83. The van der Waals surface area contributed by atoms with Crippen molar-refractivity contribution in [3.8, 4) is 5.75 Å². The van der Waals surface area contributed by atoms with E-state index >= 15 is 0 Å². The number of hydrogen-bond donors (Lipinski definition) is 0. The lowest BCUT2D eigenvalue weighted by Gasteiger charge is -2.23. The molecule has 138 valence electrons. The van der Waals surface area contributed by atoms with Crippen LogP contribution in [0.15, 0.2) is 85.1 Å². The molecule has 0 aliphatic carbocycles. The molecule has 4 aromatic rings. The highest BCUT2D eigenvalue weighted by Crippen LogP contribution is 2.36. The van der Waals surface area contributed by atoms with Gasteiger partial charge in [0.15, 0.2) is 5.75 Å². The minimum Gasteiger partial charge on any atom is -0.406 e. The van der Waals surface area contributed by atoms with Crippen LogP contribution in [0, 0.1) is 3.57 Å². The third kappa shape index (κ3) is 3.68. The number of rotatable bonds is 3. The largest absolute Gasteiger partial charge is 0.424 e. The summed E-state index contributed by atoms with van der Waals surface area (Å²) >= 11 is 8.43. The van der Waals surface area contributed by atoms with Gasteiger partial charge in [-0.1, -0.05) is 48.0 Å². The van der Waals surface area contributed by atoms with E-state index in [1.807, 2.05) is 66.7 Å². The highest BCUT2D eigenvalue weighted by Gasteiger charge is 2.23. The van der Waals surface area contributed by atoms with Gasteiger partial charge in [-0.2, -0.15) is 0 Å². The van der Waals surface area contributed by atoms with Gasteiger partial charge in [0.1, 0.15) is 5.52 Å². The molecule has 0 saturated heterocycles. The first-order chi connectivity index (χ1) is 13.6. The molecule has 1 amide bonds. The van der Waals surface area contributed by atoms with Crippen LogP contribution in [0.3, 0.4) is 0 Å². The Bertz CT molecular complexity index is 1100. The Morgan fingerprint density at radius 2 is 1.54 bits per heavy atom. The number of nitrogens with zero attached hydrogens (tertiary/aromatic N) is 2. The Morgan fingerprint density at radius 1 is 0.929 bits per heavy atom. The third-order valence-corrected chi connectivity index (χ3v) is 5.27. The molecule has 3 aromatic carbocycles. The molecule has 0 N–H and O–H groups in total. The summed E-state index contributed by atoms with van der Waals surface area (Å²) in [4.78, 5) is 19.1. The average Bonchev–Trinajstić information content (AvgIpc) is 2.73. The number of carbonyl (C=O) groups is 1. The smallest absolute Gasteiger partial charge is 0.406 e. The van der Waals surface area contributed by atoms with Crippen LogP contribution in [0.4, 0.5) is 16.2 Å². The van der Waals surface area contributed by atoms with Crippen LogP contribution < -0.4 is 9.64 Å². The number of anilines is 2. The highest BCUT2D eigenvalue weighted by molar-refractivity contribution is 14.1. The van der Waals surface area contributed by atoms with E-state index in [1.165, 1.54) is 4.90 Å². The molecule has 0 aliphatic rings. The van der Waals surface area contributed by atoms with Gasteiger partial charge >= 0.3 is 6.09 Å². The summed E-state index contributed by atoms with van der Waals surface area (Å²) in [5, 5.41) is 1.30. The standard InChI is InChI=1S/C22H14ClIN2O2/c23-18-14-19(24)21(20-17(18)12-7-13-25-20)28-22(27)26(15-8-3-1-4-9-15)16-10-5-2-6-11-16/h1-14H. The van der Waals surface area contributed by atoms with Crippen LogP contribution in [0.25, 0.3) is 10.9 Å². The lowest BCUT2D eigenvalue weighted by atomic mass is 10.2. The van der Waals surface area contributed by atoms with Crippen molar-refractivity contribution >= 4 is 62.6 Å². The maximum atomic E-state index is 13.2. The van der Waals surface area contributed by atoms with Crippen molar-refractivity contribution < 1.29 is 9.53 Å². The first-order valence-corrected chi connectivity index (χ1v) is 9.95. The van der Waals surface area contributed by atoms with Crippen molar-refractivity contribution in [1.82, 2.24) is 4.98 Å². The fourth-order valence-electron chi connectivity index (χ4n) is 2.89. The molecule has 0 fully saturated rings. The Balaban J connectivity index is 1.79. The summed E-state index contributed by atoms with van der Waals surface area (Å²) < 4.78 is 6.55. The monoisotopic (exact) mass is 500 g/mol. The number of hydrogen-bond acceptors (Lipinski definition) is 3. The van der Waals surface area contributed by atoms with E-state index in [-0.39, 0.29) is 0 Å². The molecule has 0 radical (unpaired) electrons. The molecule has 0 unspecified atom stereocenters. The maximum Gasteiger partial charge on any atom is 0.424 e. The van der Waals surface area contributed by atoms with Crippen molar-refractivity contribution in [3.05, 3.63) is 93.7 Å². The zero-order chi connectivity index (χ0) is 19.5. The second kappa shape index (κ2) is 8.16. The second-order valence-electron chi connectivity index (χ2n) is 5.94. The minimum atomic E-state index is -0.524. The van der Waals surface area contributed by atoms with Gasteiger partial charge in [0.2, 0.25) is 0 Å². The lowest BCUT2D eigenvalue weighted by molar-refractivity contribution is 0.210. The minimum absolute atomic E-state index is 0.391. The Morgan fingerprint density at radius 3 is 2.14 bits per heavy atom. The van der Waals surface area contributed by atoms with Gasteiger partial charge in [-0.15, -0.1) is 0 Å². The second-order valence-corrected chi connectivity index (χ2v) is 7.51. The first-order valence-electron chi connectivity index (χ1n) is 8.50. The summed E-state index contributed by atoms with van der Waals surface area (Å²) in [6.07, 6.45) is 1.13. The fraction of sp³-hybridized carbons (Fsp3) is 0. The normalized spacial score (nSPS) is 10.6. The Labute approximate surface area is 180 Å². The molecule has 28 heavy (non-hydrogen) atoms. The van der Waals surface area contributed by atoms with Crippen LogP contribution in [0.1, 0.15) is 0 Å². The maximum absolute atomic E-state index is 13.2. The summed E-state index contributed by atoms with van der Waals surface area (Å²) in [5.41, 5.74) is 1.97. The van der Waals surface area contributed by atoms with E-state index in [1.54, 1.807) is 18.3 Å². The SMILES string of the molecule is O=C(Oc1c(I)cc(Cl)c2cccnc12)N(c1ccccc1)c1ccccc1. The molecule has 4 nitrogen and oxygen atoms in total. The van der Waals surface area contributed by atoms with Crippen LogP contribution in [-0.4, -0.2) is 11.1 Å². The number of benzene rings is 3. The molecule has 1 aromatic heterocycles. The highest BCUT2D eigenvalue weighted by atomic mass is 127. The first kappa shape index (κ1) is 18.7. The molecule has 6 heteroatoms. The van der Waals surface area contributed by atoms with Gasteiger partial charge < -0.3 is 4.74 Å². The number of amides is 1. The molecule has 0 bridgehead atoms. The van der Waals surface area contributed by atoms with Gasteiger partial charge in [-0.05, 0) is 65.1 Å². The van der Waals surface area contributed by atoms with Crippen molar-refractivity contribution in [2.75, 3.05) is 4.90 Å². The summed E-state index contributed by atoms with van der Waals surface area (Å²) in [7, 11) is 0. The van der Waals surface area contributed by atoms with Crippen LogP contribution in [-0.2, 0) is 0 Å². The zero-order valence-electron chi connectivity index (χ0n) is 14.5. The number of carbonyl (C=O) groups excluding carboxylic acids is 1. The van der Waals surface area contributed by atoms with Crippen LogP contribution in [0.2, 0.25) is 5.02 Å². The van der Waals surface area contributed by atoms with Gasteiger partial charge in [-0.3, -0.25) is 4.98 Å². The van der Waals surface area contributed by atoms with E-state index in [0.29, 0.717) is 31.2 Å². The Kier molecular flexibility index (Phi) is 5.45. The van der Waals surface area contributed by atoms with Gasteiger partial charge in [0.25, 0.3) is 0 Å². The zero-order valence-corrected chi connectivity index (χ0v) is 17.5. The van der Waals surface area contributed by atoms with Crippen LogP contribution >= 0.6 is 34.2 Å². The molecule has 1 heterocycles. The van der Waals surface area contributed by atoms with Crippen molar-refractivity contribution in [1.29, 1.82) is 0 Å². The summed E-state index contributed by atoms with van der Waals surface area (Å²) in [5.74, 6) is 0.391. The van der Waals surface area contributed by atoms with E-state index in [2.05, 4.69) is 27.6 Å². The summed E-state index contributed by atoms with van der Waals surface area (Å²) in [6.45, 7) is 0. The number of halogens is 2. The number of aromatic nitrogens is 1. The topological polar surface area (TPSA) is 42.4 Å². The lowest BCUT2D eigenvalue weighted by Crippen LogP contribution is -2.29. The van der Waals surface area contributed by atoms with Gasteiger partial charge in [0.05, 0.1) is 20.0 Å². The van der Waals surface area contributed by atoms with E-state index in [0.717, 1.165) is 5.39 Å². The van der Waals surface area contributed by atoms with E-state index in [4.69, 9.17) is 16.3 Å². The Hall–Kier alpha value is -2.64. The fourth-order valence-corrected chi connectivity index (χ4v) is 4.01. The van der Waals surface area contributed by atoms with Crippen molar-refractivity contribution in [2.24, 2.45) is 0 Å². The van der Waals surface area contributed by atoms with Crippen molar-refractivity contribution in [3.63, 3.8) is 0 Å². The molecule has 4 rings (SSSR count). The average molecular weight is 501 g/mol. The van der Waals surface area contributed by atoms with Crippen LogP contribution in [0.5, 0.6) is 5.75 Å².